The van der Waals surface area contributed by atoms with Crippen molar-refractivity contribution >= 4 is 23.6 Å². The minimum atomic E-state index is -0.935. The average Bonchev–Trinajstić information content (AvgIpc) is 2.82. The van der Waals surface area contributed by atoms with E-state index in [0.717, 1.165) is 23.3 Å². The molecule has 1 heterocycles. The Morgan fingerprint density at radius 1 is 1.19 bits per heavy atom. The van der Waals surface area contributed by atoms with Crippen molar-refractivity contribution in [2.75, 3.05) is 6.54 Å². The molecule has 7 heteroatoms. The van der Waals surface area contributed by atoms with Gasteiger partial charge in [0, 0.05) is 19.0 Å². The van der Waals surface area contributed by atoms with Crippen molar-refractivity contribution in [3.05, 3.63) is 35.4 Å². The first-order valence-electron chi connectivity index (χ1n) is 8.77. The smallest absolute Gasteiger partial charge is 0.325 e. The molecule has 1 aliphatic rings. The summed E-state index contributed by atoms with van der Waals surface area (Å²) < 4.78 is 0. The highest BCUT2D eigenvalue weighted by molar-refractivity contribution is 6.11. The summed E-state index contributed by atoms with van der Waals surface area (Å²) in [5.41, 5.74) is 0.341. The lowest BCUT2D eigenvalue weighted by molar-refractivity contribution is -0.130. The van der Waals surface area contributed by atoms with Crippen LogP contribution in [0.25, 0.3) is 0 Å². The van der Waals surface area contributed by atoms with E-state index in [1.54, 1.807) is 31.2 Å². The predicted octanol–water partition coefficient (Wildman–Crippen LogP) is 2.01. The quantitative estimate of drug-likeness (QED) is 0.548. The van der Waals surface area contributed by atoms with Crippen molar-refractivity contribution in [2.24, 2.45) is 0 Å². The van der Waals surface area contributed by atoms with Crippen molar-refractivity contribution in [2.45, 2.75) is 52.1 Å². The Morgan fingerprint density at radius 2 is 1.85 bits per heavy atom. The molecule has 1 fully saturated rings. The molecule has 0 bridgehead atoms. The van der Waals surface area contributed by atoms with Crippen LogP contribution in [0.1, 0.15) is 56.0 Å². The minimum absolute atomic E-state index is 0.130. The number of hydrogen-bond acceptors (Lipinski definition) is 4. The number of carbonyl (C=O) groups is 4. The van der Waals surface area contributed by atoms with Gasteiger partial charge in [-0.15, -0.1) is 0 Å². The SMILES string of the molecule is CCCC[C@@]1(C)NC(=O)N(CC(=O)c2ccc(CNC(C)=O)cc2)C1=O. The molecule has 0 unspecified atom stereocenters. The van der Waals surface area contributed by atoms with Gasteiger partial charge in [-0.3, -0.25) is 19.3 Å². The second-order valence-electron chi connectivity index (χ2n) is 6.79. The maximum atomic E-state index is 12.6. The maximum absolute atomic E-state index is 12.6. The molecule has 1 aromatic carbocycles. The molecule has 2 N–H and O–H groups in total. The molecule has 0 spiro atoms. The van der Waals surface area contributed by atoms with Crippen LogP contribution in [0.3, 0.4) is 0 Å². The number of hydrogen-bond donors (Lipinski definition) is 2. The van der Waals surface area contributed by atoms with Gasteiger partial charge in [-0.05, 0) is 18.9 Å². The molecule has 2 rings (SSSR count). The summed E-state index contributed by atoms with van der Waals surface area (Å²) in [7, 11) is 0. The third kappa shape index (κ3) is 4.47. The standard InChI is InChI=1S/C19H25N3O4/c1-4-5-10-19(3)17(25)22(18(26)21-19)12-16(24)15-8-6-14(7-9-15)11-20-13(2)23/h6-9H,4-5,10-12H2,1-3H3,(H,20,23)(H,21,26)/t19-/m1/s1. The average molecular weight is 359 g/mol. The molecule has 1 atom stereocenters. The van der Waals surface area contributed by atoms with Gasteiger partial charge in [0.15, 0.2) is 5.78 Å². The van der Waals surface area contributed by atoms with Gasteiger partial charge in [0.1, 0.15) is 5.54 Å². The fourth-order valence-corrected chi connectivity index (χ4v) is 2.86. The molecule has 1 aliphatic heterocycles. The monoisotopic (exact) mass is 359 g/mol. The van der Waals surface area contributed by atoms with Gasteiger partial charge in [-0.2, -0.15) is 0 Å². The Kier molecular flexibility index (Phi) is 6.13. The number of nitrogens with one attached hydrogen (secondary N) is 2. The predicted molar refractivity (Wildman–Crippen MR) is 96.5 cm³/mol. The van der Waals surface area contributed by atoms with Crippen LogP contribution < -0.4 is 10.6 Å². The number of amides is 4. The number of imide groups is 1. The Hall–Kier alpha value is -2.70. The number of rotatable bonds is 8. The van der Waals surface area contributed by atoms with Crippen LogP contribution in [0.5, 0.6) is 0 Å². The summed E-state index contributed by atoms with van der Waals surface area (Å²) in [6, 6.07) is 6.22. The maximum Gasteiger partial charge on any atom is 0.325 e. The van der Waals surface area contributed by atoms with Crippen LogP contribution in [0.4, 0.5) is 4.79 Å². The summed E-state index contributed by atoms with van der Waals surface area (Å²) in [5.74, 6) is -0.791. The van der Waals surface area contributed by atoms with E-state index >= 15 is 0 Å². The third-order valence-electron chi connectivity index (χ3n) is 4.49. The molecule has 0 aliphatic carbocycles. The highest BCUT2D eigenvalue weighted by atomic mass is 16.2. The lowest BCUT2D eigenvalue weighted by Gasteiger charge is -2.21. The topological polar surface area (TPSA) is 95.6 Å². The van der Waals surface area contributed by atoms with E-state index in [1.165, 1.54) is 6.92 Å². The fourth-order valence-electron chi connectivity index (χ4n) is 2.86. The number of ketones is 1. The summed E-state index contributed by atoms with van der Waals surface area (Å²) in [4.78, 5) is 49.1. The third-order valence-corrected chi connectivity index (χ3v) is 4.49. The van der Waals surface area contributed by atoms with E-state index in [9.17, 15) is 19.2 Å². The van der Waals surface area contributed by atoms with Crippen LogP contribution in [0.2, 0.25) is 0 Å². The molecular formula is C19H25N3O4. The zero-order chi connectivity index (χ0) is 19.3. The first-order valence-corrected chi connectivity index (χ1v) is 8.77. The van der Waals surface area contributed by atoms with Crippen molar-refractivity contribution < 1.29 is 19.2 Å². The summed E-state index contributed by atoms with van der Waals surface area (Å²) in [6.45, 7) is 5.25. The van der Waals surface area contributed by atoms with Gasteiger partial charge < -0.3 is 10.6 Å². The highest BCUT2D eigenvalue weighted by Crippen LogP contribution is 2.23. The van der Waals surface area contributed by atoms with Gasteiger partial charge >= 0.3 is 6.03 Å². The minimum Gasteiger partial charge on any atom is -0.352 e. The summed E-state index contributed by atoms with van der Waals surface area (Å²) >= 11 is 0. The first-order chi connectivity index (χ1) is 12.3. The fraction of sp³-hybridized carbons (Fsp3) is 0.474. The first kappa shape index (κ1) is 19.6. The second kappa shape index (κ2) is 8.12. The van der Waals surface area contributed by atoms with E-state index < -0.39 is 11.6 Å². The highest BCUT2D eigenvalue weighted by Gasteiger charge is 2.47. The Balaban J connectivity index is 2.01. The van der Waals surface area contributed by atoms with Crippen LogP contribution in [0.15, 0.2) is 24.3 Å². The van der Waals surface area contributed by atoms with E-state index in [4.69, 9.17) is 0 Å². The number of urea groups is 1. The summed E-state index contributed by atoms with van der Waals surface area (Å²) in [5, 5.41) is 5.38. The van der Waals surface area contributed by atoms with Gasteiger partial charge in [-0.1, -0.05) is 44.0 Å². The van der Waals surface area contributed by atoms with Gasteiger partial charge in [0.25, 0.3) is 5.91 Å². The zero-order valence-corrected chi connectivity index (χ0v) is 15.4. The Morgan fingerprint density at radius 3 is 2.42 bits per heavy atom. The van der Waals surface area contributed by atoms with Gasteiger partial charge in [0.05, 0.1) is 6.54 Å². The number of Topliss-reactive ketones (excluding diaryl/α,β-unsaturated/α-hetero) is 1. The van der Waals surface area contributed by atoms with E-state index in [0.29, 0.717) is 18.5 Å². The zero-order valence-electron chi connectivity index (χ0n) is 15.4. The molecule has 1 saturated heterocycles. The van der Waals surface area contributed by atoms with Crippen molar-refractivity contribution in [1.29, 1.82) is 0 Å². The molecule has 1 aromatic rings. The number of nitrogens with zero attached hydrogens (tertiary/aromatic N) is 1. The number of benzene rings is 1. The second-order valence-corrected chi connectivity index (χ2v) is 6.79. The Labute approximate surface area is 153 Å². The molecule has 0 saturated carbocycles. The van der Waals surface area contributed by atoms with Crippen molar-refractivity contribution in [3.63, 3.8) is 0 Å². The van der Waals surface area contributed by atoms with E-state index in [1.807, 2.05) is 6.92 Å². The van der Waals surface area contributed by atoms with Crippen LogP contribution in [-0.4, -0.2) is 40.6 Å². The largest absolute Gasteiger partial charge is 0.352 e. The van der Waals surface area contributed by atoms with E-state index in [2.05, 4.69) is 10.6 Å². The molecule has 0 radical (unpaired) electrons. The summed E-state index contributed by atoms with van der Waals surface area (Å²) in [6.07, 6.45) is 2.29. The number of unbranched alkanes of at least 4 members (excludes halogenated alkanes) is 1. The van der Waals surface area contributed by atoms with Crippen LogP contribution in [0, 0.1) is 0 Å². The molecular weight excluding hydrogens is 334 g/mol. The molecule has 7 nitrogen and oxygen atoms in total. The van der Waals surface area contributed by atoms with E-state index in [-0.39, 0.29) is 24.1 Å². The number of carbonyl (C=O) groups excluding carboxylic acids is 4. The van der Waals surface area contributed by atoms with Crippen LogP contribution in [-0.2, 0) is 16.1 Å². The molecule has 4 amide bonds. The lowest BCUT2D eigenvalue weighted by atomic mass is 9.95. The molecule has 0 aromatic heterocycles. The lowest BCUT2D eigenvalue weighted by Crippen LogP contribution is -2.44. The van der Waals surface area contributed by atoms with Gasteiger partial charge in [0.2, 0.25) is 5.91 Å². The van der Waals surface area contributed by atoms with Crippen LogP contribution >= 0.6 is 0 Å². The Bertz CT molecular complexity index is 714. The normalized spacial score (nSPS) is 19.4. The van der Waals surface area contributed by atoms with Gasteiger partial charge in [-0.25, -0.2) is 4.79 Å². The molecule has 140 valence electrons. The molecule has 26 heavy (non-hydrogen) atoms. The van der Waals surface area contributed by atoms with Crippen molar-refractivity contribution in [1.82, 2.24) is 15.5 Å². The van der Waals surface area contributed by atoms with Crippen molar-refractivity contribution in [3.8, 4) is 0 Å².